The zero-order chi connectivity index (χ0) is 12.7. The van der Waals surface area contributed by atoms with Gasteiger partial charge in [-0.05, 0) is 25.2 Å². The van der Waals surface area contributed by atoms with Crippen LogP contribution in [0.2, 0.25) is 0 Å². The first-order valence-electron chi connectivity index (χ1n) is 6.31. The molecule has 2 heterocycles. The molecule has 0 radical (unpaired) electrons. The average molecular weight is 247 g/mol. The Hall–Kier alpha value is -1.69. The number of hydrogen-bond acceptors (Lipinski definition) is 5. The molecule has 1 aliphatic rings. The number of nitrogens with zero attached hydrogens (tertiary/aromatic N) is 4. The van der Waals surface area contributed by atoms with Crippen LogP contribution >= 0.6 is 0 Å². The Bertz CT molecular complexity index is 555. The van der Waals surface area contributed by atoms with Crippen molar-refractivity contribution in [1.82, 2.24) is 19.9 Å². The van der Waals surface area contributed by atoms with E-state index in [1.807, 2.05) is 13.2 Å². The molecule has 0 aliphatic heterocycles. The van der Waals surface area contributed by atoms with E-state index in [4.69, 9.17) is 10.3 Å². The normalized spacial score (nSPS) is 17.1. The lowest BCUT2D eigenvalue weighted by Gasteiger charge is -2.01. The molecule has 0 saturated heterocycles. The fraction of sp³-hybridized carbons (Fsp3) is 0.583. The molecule has 6 heteroatoms. The molecular weight excluding hydrogens is 230 g/mol. The lowest BCUT2D eigenvalue weighted by Crippen LogP contribution is -2.13. The van der Waals surface area contributed by atoms with Crippen molar-refractivity contribution < 1.29 is 4.52 Å². The second-order valence-electron chi connectivity index (χ2n) is 4.84. The Kier molecular flexibility index (Phi) is 2.66. The van der Waals surface area contributed by atoms with Crippen molar-refractivity contribution in [3.63, 3.8) is 0 Å². The van der Waals surface area contributed by atoms with Gasteiger partial charge < -0.3 is 10.3 Å². The Labute approximate surface area is 105 Å². The molecule has 96 valence electrons. The van der Waals surface area contributed by atoms with Gasteiger partial charge in [-0.25, -0.2) is 0 Å². The van der Waals surface area contributed by atoms with Crippen LogP contribution in [-0.2, 0) is 13.5 Å². The van der Waals surface area contributed by atoms with Gasteiger partial charge in [0.15, 0.2) is 5.82 Å². The van der Waals surface area contributed by atoms with Crippen LogP contribution in [0, 0.1) is 5.92 Å². The van der Waals surface area contributed by atoms with Gasteiger partial charge in [0.05, 0.1) is 17.3 Å². The second-order valence-corrected chi connectivity index (χ2v) is 4.84. The maximum atomic E-state index is 6.06. The van der Waals surface area contributed by atoms with E-state index in [-0.39, 0.29) is 6.04 Å². The molecule has 1 unspecified atom stereocenters. The predicted molar refractivity (Wildman–Crippen MR) is 65.5 cm³/mol. The summed E-state index contributed by atoms with van der Waals surface area (Å²) in [5.41, 5.74) is 7.93. The van der Waals surface area contributed by atoms with Crippen LogP contribution < -0.4 is 5.73 Å². The lowest BCUT2D eigenvalue weighted by atomic mass is 10.2. The summed E-state index contributed by atoms with van der Waals surface area (Å²) in [6, 6.07) is -0.0933. The molecule has 1 fully saturated rings. The third-order valence-corrected chi connectivity index (χ3v) is 3.34. The van der Waals surface area contributed by atoms with Gasteiger partial charge in [0.25, 0.3) is 5.89 Å². The minimum Gasteiger partial charge on any atom is -0.334 e. The molecule has 1 atom stereocenters. The zero-order valence-corrected chi connectivity index (χ0v) is 10.6. The van der Waals surface area contributed by atoms with E-state index in [1.165, 1.54) is 0 Å². The van der Waals surface area contributed by atoms with E-state index in [2.05, 4.69) is 22.2 Å². The van der Waals surface area contributed by atoms with Crippen molar-refractivity contribution in [3.05, 3.63) is 17.7 Å². The van der Waals surface area contributed by atoms with Crippen molar-refractivity contribution in [2.24, 2.45) is 18.7 Å². The largest absolute Gasteiger partial charge is 0.334 e. The number of rotatable bonds is 4. The molecule has 0 amide bonds. The first-order chi connectivity index (χ1) is 8.69. The summed E-state index contributed by atoms with van der Waals surface area (Å²) in [4.78, 5) is 4.41. The molecular formula is C12H17N5O. The third-order valence-electron chi connectivity index (χ3n) is 3.34. The van der Waals surface area contributed by atoms with Crippen LogP contribution in [0.15, 0.2) is 10.7 Å². The Balaban J connectivity index is 1.91. The van der Waals surface area contributed by atoms with Gasteiger partial charge in [-0.15, -0.1) is 0 Å². The fourth-order valence-electron chi connectivity index (χ4n) is 2.12. The molecule has 1 aliphatic carbocycles. The zero-order valence-electron chi connectivity index (χ0n) is 10.6. The summed E-state index contributed by atoms with van der Waals surface area (Å²) in [5.74, 6) is 1.65. The summed E-state index contributed by atoms with van der Waals surface area (Å²) < 4.78 is 7.07. The monoisotopic (exact) mass is 247 g/mol. The maximum absolute atomic E-state index is 6.06. The Morgan fingerprint density at radius 3 is 3.00 bits per heavy atom. The molecule has 3 rings (SSSR count). The van der Waals surface area contributed by atoms with E-state index < -0.39 is 0 Å². The lowest BCUT2D eigenvalue weighted by molar-refractivity contribution is 0.411. The molecule has 0 spiro atoms. The van der Waals surface area contributed by atoms with Gasteiger partial charge in [-0.3, -0.25) is 4.68 Å². The van der Waals surface area contributed by atoms with Crippen molar-refractivity contribution in [1.29, 1.82) is 0 Å². The SMILES string of the molecule is CCc1nn(C)cc1-c1nc(C(N)C2CC2)no1. The molecule has 2 N–H and O–H groups in total. The second kappa shape index (κ2) is 4.20. The number of aryl methyl sites for hydroxylation is 2. The van der Waals surface area contributed by atoms with Crippen LogP contribution in [0.1, 0.15) is 37.3 Å². The van der Waals surface area contributed by atoms with Crippen LogP contribution in [0.3, 0.4) is 0 Å². The number of nitrogens with two attached hydrogens (primary N) is 1. The summed E-state index contributed by atoms with van der Waals surface area (Å²) in [5, 5.41) is 8.35. The smallest absolute Gasteiger partial charge is 0.261 e. The highest BCUT2D eigenvalue weighted by molar-refractivity contribution is 5.55. The molecule has 0 aromatic carbocycles. The Morgan fingerprint density at radius 2 is 2.33 bits per heavy atom. The minimum absolute atomic E-state index is 0.0933. The molecule has 1 saturated carbocycles. The standard InChI is InChI=1S/C12H17N5O/c1-3-9-8(6-17(2)15-9)12-14-11(16-18-12)10(13)7-4-5-7/h6-7,10H,3-5,13H2,1-2H3. The summed E-state index contributed by atoms with van der Waals surface area (Å²) >= 11 is 0. The number of aromatic nitrogens is 4. The van der Waals surface area contributed by atoms with Crippen LogP contribution in [0.4, 0.5) is 0 Å². The van der Waals surface area contributed by atoms with Gasteiger partial charge in [-0.2, -0.15) is 10.1 Å². The number of hydrogen-bond donors (Lipinski definition) is 1. The van der Waals surface area contributed by atoms with Gasteiger partial charge in [0, 0.05) is 13.2 Å². The summed E-state index contributed by atoms with van der Waals surface area (Å²) in [6.07, 6.45) is 5.07. The predicted octanol–water partition coefficient (Wildman–Crippen LogP) is 1.44. The van der Waals surface area contributed by atoms with Crippen LogP contribution in [-0.4, -0.2) is 19.9 Å². The molecule has 6 nitrogen and oxygen atoms in total. The first-order valence-corrected chi connectivity index (χ1v) is 6.31. The van der Waals surface area contributed by atoms with Crippen molar-refractivity contribution in [2.45, 2.75) is 32.2 Å². The highest BCUT2D eigenvalue weighted by Crippen LogP contribution is 2.38. The quantitative estimate of drug-likeness (QED) is 0.884. The summed E-state index contributed by atoms with van der Waals surface area (Å²) in [7, 11) is 1.88. The molecule has 18 heavy (non-hydrogen) atoms. The van der Waals surface area contributed by atoms with E-state index in [0.29, 0.717) is 17.6 Å². The molecule has 0 bridgehead atoms. The van der Waals surface area contributed by atoms with Crippen molar-refractivity contribution in [3.8, 4) is 11.5 Å². The fourth-order valence-corrected chi connectivity index (χ4v) is 2.12. The van der Waals surface area contributed by atoms with Gasteiger partial charge >= 0.3 is 0 Å². The third kappa shape index (κ3) is 1.92. The summed E-state index contributed by atoms with van der Waals surface area (Å²) in [6.45, 7) is 2.05. The van der Waals surface area contributed by atoms with Gasteiger partial charge in [0.1, 0.15) is 0 Å². The van der Waals surface area contributed by atoms with Crippen molar-refractivity contribution >= 4 is 0 Å². The molecule has 2 aromatic rings. The van der Waals surface area contributed by atoms with Gasteiger partial charge in [-0.1, -0.05) is 12.1 Å². The first kappa shape index (κ1) is 11.4. The van der Waals surface area contributed by atoms with E-state index in [0.717, 1.165) is 30.5 Å². The topological polar surface area (TPSA) is 82.8 Å². The van der Waals surface area contributed by atoms with Crippen molar-refractivity contribution in [2.75, 3.05) is 0 Å². The molecule has 2 aromatic heterocycles. The van der Waals surface area contributed by atoms with Gasteiger partial charge in [0.2, 0.25) is 0 Å². The average Bonchev–Trinajstić information content (AvgIpc) is 2.97. The van der Waals surface area contributed by atoms with E-state index in [9.17, 15) is 0 Å². The highest BCUT2D eigenvalue weighted by atomic mass is 16.5. The van der Waals surface area contributed by atoms with Crippen LogP contribution in [0.5, 0.6) is 0 Å². The van der Waals surface area contributed by atoms with E-state index in [1.54, 1.807) is 4.68 Å². The van der Waals surface area contributed by atoms with Crippen LogP contribution in [0.25, 0.3) is 11.5 Å². The minimum atomic E-state index is -0.0933. The van der Waals surface area contributed by atoms with E-state index >= 15 is 0 Å². The highest BCUT2D eigenvalue weighted by Gasteiger charge is 2.33. The Morgan fingerprint density at radius 1 is 1.56 bits per heavy atom. The maximum Gasteiger partial charge on any atom is 0.261 e.